The SMILES string of the molecule is CCC(C)NC(=O)NCC1(O)CCc2cc(OC)c(OC)cc21. The summed E-state index contributed by atoms with van der Waals surface area (Å²) < 4.78 is 10.6. The molecule has 3 N–H and O–H groups in total. The Morgan fingerprint density at radius 1 is 1.35 bits per heavy atom. The molecule has 0 aromatic heterocycles. The van der Waals surface area contributed by atoms with Crippen LogP contribution in [0.3, 0.4) is 0 Å². The minimum atomic E-state index is -1.08. The van der Waals surface area contributed by atoms with Gasteiger partial charge in [0.25, 0.3) is 0 Å². The lowest BCUT2D eigenvalue weighted by molar-refractivity contribution is 0.0409. The Morgan fingerprint density at radius 2 is 2.00 bits per heavy atom. The minimum absolute atomic E-state index is 0.102. The third kappa shape index (κ3) is 3.69. The van der Waals surface area contributed by atoms with Gasteiger partial charge < -0.3 is 25.2 Å². The summed E-state index contributed by atoms with van der Waals surface area (Å²) in [6.45, 7) is 4.11. The molecule has 6 nitrogen and oxygen atoms in total. The maximum absolute atomic E-state index is 11.9. The van der Waals surface area contributed by atoms with Crippen LogP contribution in [0.5, 0.6) is 11.5 Å². The second-order valence-corrected chi connectivity index (χ2v) is 6.03. The highest BCUT2D eigenvalue weighted by molar-refractivity contribution is 5.74. The van der Waals surface area contributed by atoms with E-state index in [1.165, 1.54) is 0 Å². The van der Waals surface area contributed by atoms with Crippen molar-refractivity contribution in [2.45, 2.75) is 44.8 Å². The first-order valence-electron chi connectivity index (χ1n) is 7.95. The summed E-state index contributed by atoms with van der Waals surface area (Å²) in [4.78, 5) is 11.9. The number of hydrogen-bond donors (Lipinski definition) is 3. The smallest absolute Gasteiger partial charge is 0.315 e. The Balaban J connectivity index is 2.12. The van der Waals surface area contributed by atoms with E-state index in [-0.39, 0.29) is 18.6 Å². The highest BCUT2D eigenvalue weighted by Gasteiger charge is 2.38. The van der Waals surface area contributed by atoms with Crippen molar-refractivity contribution in [2.75, 3.05) is 20.8 Å². The third-order valence-electron chi connectivity index (χ3n) is 4.45. The highest BCUT2D eigenvalue weighted by Crippen LogP contribution is 2.42. The second kappa shape index (κ2) is 7.08. The fourth-order valence-corrected chi connectivity index (χ4v) is 2.82. The lowest BCUT2D eigenvalue weighted by Crippen LogP contribution is -2.46. The predicted octanol–water partition coefficient (Wildman–Crippen LogP) is 1.94. The Hall–Kier alpha value is -1.95. The molecule has 2 rings (SSSR count). The van der Waals surface area contributed by atoms with Crippen LogP contribution in [-0.4, -0.2) is 37.9 Å². The van der Waals surface area contributed by atoms with Crippen LogP contribution in [0.4, 0.5) is 4.79 Å². The van der Waals surface area contributed by atoms with Crippen molar-refractivity contribution in [3.05, 3.63) is 23.3 Å². The largest absolute Gasteiger partial charge is 0.493 e. The molecule has 0 saturated carbocycles. The summed E-state index contributed by atoms with van der Waals surface area (Å²) in [7, 11) is 3.16. The van der Waals surface area contributed by atoms with E-state index in [1.807, 2.05) is 19.9 Å². The number of benzene rings is 1. The molecule has 0 aliphatic heterocycles. The normalized spacial score (nSPS) is 20.6. The number of hydrogen-bond acceptors (Lipinski definition) is 4. The van der Waals surface area contributed by atoms with Crippen molar-refractivity contribution in [1.82, 2.24) is 10.6 Å². The summed E-state index contributed by atoms with van der Waals surface area (Å²) in [5.41, 5.74) is 0.732. The molecule has 0 fully saturated rings. The van der Waals surface area contributed by atoms with Crippen LogP contribution in [0.1, 0.15) is 37.8 Å². The number of rotatable bonds is 6. The van der Waals surface area contributed by atoms with E-state index >= 15 is 0 Å². The maximum atomic E-state index is 11.9. The highest BCUT2D eigenvalue weighted by atomic mass is 16.5. The van der Waals surface area contributed by atoms with Gasteiger partial charge in [0.15, 0.2) is 11.5 Å². The van der Waals surface area contributed by atoms with Gasteiger partial charge in [0.2, 0.25) is 0 Å². The Labute approximate surface area is 137 Å². The number of fused-ring (bicyclic) bond motifs is 1. The maximum Gasteiger partial charge on any atom is 0.315 e. The fourth-order valence-electron chi connectivity index (χ4n) is 2.82. The van der Waals surface area contributed by atoms with Gasteiger partial charge in [-0.05, 0) is 49.4 Å². The molecule has 0 heterocycles. The molecule has 1 aromatic rings. The Kier molecular flexibility index (Phi) is 5.36. The van der Waals surface area contributed by atoms with Crippen LogP contribution in [0.25, 0.3) is 0 Å². The molecule has 0 radical (unpaired) electrons. The van der Waals surface area contributed by atoms with E-state index < -0.39 is 5.60 Å². The number of methoxy groups -OCH3 is 2. The molecule has 1 aromatic carbocycles. The van der Waals surface area contributed by atoms with E-state index in [4.69, 9.17) is 9.47 Å². The first kappa shape index (κ1) is 17.4. The zero-order chi connectivity index (χ0) is 17.0. The fraction of sp³-hybridized carbons (Fsp3) is 0.588. The molecule has 0 bridgehead atoms. The van der Waals surface area contributed by atoms with Crippen LogP contribution in [-0.2, 0) is 12.0 Å². The Morgan fingerprint density at radius 3 is 2.61 bits per heavy atom. The van der Waals surface area contributed by atoms with E-state index in [2.05, 4.69) is 10.6 Å². The van der Waals surface area contributed by atoms with Gasteiger partial charge in [-0.15, -0.1) is 0 Å². The number of carbonyl (C=O) groups is 1. The zero-order valence-corrected chi connectivity index (χ0v) is 14.2. The van der Waals surface area contributed by atoms with Crippen LogP contribution in [0.15, 0.2) is 12.1 Å². The average Bonchev–Trinajstić information content (AvgIpc) is 2.88. The Bertz CT molecular complexity index is 576. The van der Waals surface area contributed by atoms with Gasteiger partial charge in [0.1, 0.15) is 5.60 Å². The lowest BCUT2D eigenvalue weighted by Gasteiger charge is -2.25. The number of carbonyl (C=O) groups excluding carboxylic acids is 1. The third-order valence-corrected chi connectivity index (χ3v) is 4.45. The number of urea groups is 1. The summed E-state index contributed by atoms with van der Waals surface area (Å²) in [5.74, 6) is 1.23. The molecule has 2 amide bonds. The van der Waals surface area contributed by atoms with Gasteiger partial charge in [-0.1, -0.05) is 6.92 Å². The predicted molar refractivity (Wildman–Crippen MR) is 88.1 cm³/mol. The topological polar surface area (TPSA) is 79.8 Å². The molecule has 1 aliphatic rings. The quantitative estimate of drug-likeness (QED) is 0.748. The van der Waals surface area contributed by atoms with Crippen molar-refractivity contribution in [2.24, 2.45) is 0 Å². The molecule has 23 heavy (non-hydrogen) atoms. The molecular weight excluding hydrogens is 296 g/mol. The molecule has 128 valence electrons. The summed E-state index contributed by atoms with van der Waals surface area (Å²) in [6, 6.07) is 3.53. The summed E-state index contributed by atoms with van der Waals surface area (Å²) >= 11 is 0. The average molecular weight is 322 g/mol. The number of amides is 2. The van der Waals surface area contributed by atoms with Crippen molar-refractivity contribution >= 4 is 6.03 Å². The van der Waals surface area contributed by atoms with E-state index in [0.29, 0.717) is 17.9 Å². The summed E-state index contributed by atoms with van der Waals surface area (Å²) in [6.07, 6.45) is 2.15. The molecule has 0 spiro atoms. The van der Waals surface area contributed by atoms with Crippen molar-refractivity contribution in [1.29, 1.82) is 0 Å². The minimum Gasteiger partial charge on any atom is -0.493 e. The molecular formula is C17H26N2O4. The van der Waals surface area contributed by atoms with Gasteiger partial charge in [-0.3, -0.25) is 0 Å². The summed E-state index contributed by atoms with van der Waals surface area (Å²) in [5, 5.41) is 16.5. The molecule has 2 atom stereocenters. The van der Waals surface area contributed by atoms with Crippen LogP contribution in [0.2, 0.25) is 0 Å². The van der Waals surface area contributed by atoms with Crippen LogP contribution < -0.4 is 20.1 Å². The first-order chi connectivity index (χ1) is 10.9. The van der Waals surface area contributed by atoms with Gasteiger partial charge >= 0.3 is 6.03 Å². The molecule has 2 unspecified atom stereocenters. The van der Waals surface area contributed by atoms with Crippen LogP contribution in [0, 0.1) is 0 Å². The van der Waals surface area contributed by atoms with Crippen molar-refractivity contribution < 1.29 is 19.4 Å². The van der Waals surface area contributed by atoms with Crippen molar-refractivity contribution in [3.63, 3.8) is 0 Å². The van der Waals surface area contributed by atoms with E-state index in [1.54, 1.807) is 20.3 Å². The molecule has 1 aliphatic carbocycles. The lowest BCUT2D eigenvalue weighted by atomic mass is 9.95. The monoisotopic (exact) mass is 322 g/mol. The first-order valence-corrected chi connectivity index (χ1v) is 7.95. The molecule has 6 heteroatoms. The van der Waals surface area contributed by atoms with Crippen molar-refractivity contribution in [3.8, 4) is 11.5 Å². The van der Waals surface area contributed by atoms with E-state index in [9.17, 15) is 9.90 Å². The number of ether oxygens (including phenoxy) is 2. The van der Waals surface area contributed by atoms with Gasteiger partial charge in [0, 0.05) is 6.04 Å². The zero-order valence-electron chi connectivity index (χ0n) is 14.2. The van der Waals surface area contributed by atoms with Gasteiger partial charge in [-0.2, -0.15) is 0 Å². The van der Waals surface area contributed by atoms with Crippen LogP contribution >= 0.6 is 0 Å². The van der Waals surface area contributed by atoms with Gasteiger partial charge in [0.05, 0.1) is 20.8 Å². The molecule has 0 saturated heterocycles. The number of aliphatic hydroxyl groups is 1. The van der Waals surface area contributed by atoms with Gasteiger partial charge in [-0.25, -0.2) is 4.79 Å². The standard InChI is InChI=1S/C17H26N2O4/c1-5-11(2)19-16(20)18-10-17(21)7-6-12-8-14(22-3)15(23-4)9-13(12)17/h8-9,11,21H,5-7,10H2,1-4H3,(H2,18,19,20). The second-order valence-electron chi connectivity index (χ2n) is 6.03. The number of nitrogens with one attached hydrogen (secondary N) is 2. The number of aryl methyl sites for hydroxylation is 1. The van der Waals surface area contributed by atoms with E-state index in [0.717, 1.165) is 24.0 Å².